The highest BCUT2D eigenvalue weighted by molar-refractivity contribution is 7.25. The van der Waals surface area contributed by atoms with E-state index in [0.29, 0.717) is 0 Å². The second kappa shape index (κ2) is 3.53. The van der Waals surface area contributed by atoms with Crippen LogP contribution in [0.1, 0.15) is 5.69 Å². The number of rotatable bonds is 0. The molecule has 2 heterocycles. The molecule has 0 aliphatic carbocycles. The summed E-state index contributed by atoms with van der Waals surface area (Å²) in [7, 11) is 0. The van der Waals surface area contributed by atoms with Crippen molar-refractivity contribution >= 4 is 42.4 Å². The molecule has 2 aromatic heterocycles. The number of hydrogen-bond donors (Lipinski definition) is 0. The third-order valence-corrected chi connectivity index (χ3v) is 4.50. The average molecular weight is 249 g/mol. The summed E-state index contributed by atoms with van der Waals surface area (Å²) in [5, 5.41) is 5.20. The molecule has 2 aromatic carbocycles. The lowest BCUT2D eigenvalue weighted by Crippen LogP contribution is -1.84. The van der Waals surface area contributed by atoms with Gasteiger partial charge in [0.2, 0.25) is 0 Å². The number of pyridine rings is 1. The molecule has 0 spiro atoms. The van der Waals surface area contributed by atoms with Gasteiger partial charge in [0.25, 0.3) is 0 Å². The van der Waals surface area contributed by atoms with Gasteiger partial charge in [-0.3, -0.25) is 0 Å². The second-order valence-corrected chi connectivity index (χ2v) is 5.55. The minimum Gasteiger partial charge on any atom is -0.242 e. The van der Waals surface area contributed by atoms with E-state index in [-0.39, 0.29) is 0 Å². The fourth-order valence-electron chi connectivity index (χ4n) is 2.60. The van der Waals surface area contributed by atoms with E-state index in [1.54, 1.807) is 11.3 Å². The average Bonchev–Trinajstić information content (AvgIpc) is 2.77. The lowest BCUT2D eigenvalue weighted by atomic mass is 10.0. The number of nitrogens with zero attached hydrogens (tertiary/aromatic N) is 1. The summed E-state index contributed by atoms with van der Waals surface area (Å²) in [5.74, 6) is 0. The van der Waals surface area contributed by atoms with E-state index in [1.165, 1.54) is 26.2 Å². The molecule has 1 nitrogen and oxygen atoms in total. The molecule has 2 heteroatoms. The maximum absolute atomic E-state index is 4.76. The van der Waals surface area contributed by atoms with Crippen molar-refractivity contribution < 1.29 is 0 Å². The van der Waals surface area contributed by atoms with Crippen LogP contribution in [0.25, 0.3) is 31.1 Å². The number of hydrogen-bond acceptors (Lipinski definition) is 2. The first-order valence-electron chi connectivity index (χ1n) is 6.01. The Balaban J connectivity index is 2.39. The van der Waals surface area contributed by atoms with Crippen molar-refractivity contribution in [2.75, 3.05) is 0 Å². The van der Waals surface area contributed by atoms with Crippen LogP contribution in [-0.4, -0.2) is 4.98 Å². The Kier molecular flexibility index (Phi) is 1.97. The highest BCUT2D eigenvalue weighted by atomic mass is 32.1. The molecule has 0 aliphatic rings. The van der Waals surface area contributed by atoms with E-state index < -0.39 is 0 Å². The Hall–Kier alpha value is -1.93. The summed E-state index contributed by atoms with van der Waals surface area (Å²) in [6.07, 6.45) is 0. The normalized spacial score (nSPS) is 11.6. The first-order valence-corrected chi connectivity index (χ1v) is 6.83. The maximum atomic E-state index is 4.76. The van der Waals surface area contributed by atoms with Crippen molar-refractivity contribution in [1.82, 2.24) is 4.98 Å². The zero-order valence-corrected chi connectivity index (χ0v) is 10.8. The van der Waals surface area contributed by atoms with E-state index in [1.807, 2.05) is 0 Å². The van der Waals surface area contributed by atoms with E-state index in [4.69, 9.17) is 4.98 Å². The van der Waals surface area contributed by atoms with E-state index in [9.17, 15) is 0 Å². The van der Waals surface area contributed by atoms with Gasteiger partial charge in [0.05, 0.1) is 0 Å². The number of thiophene rings is 1. The molecular weight excluding hydrogens is 238 g/mol. The SMILES string of the molecule is Cc1nc2sc3ccccc3c2c2ccccc12. The lowest BCUT2D eigenvalue weighted by Gasteiger charge is -2.03. The van der Waals surface area contributed by atoms with Crippen molar-refractivity contribution in [3.05, 3.63) is 54.2 Å². The fraction of sp³-hybridized carbons (Fsp3) is 0.0625. The Morgan fingerprint density at radius 3 is 2.33 bits per heavy atom. The van der Waals surface area contributed by atoms with Crippen molar-refractivity contribution in [2.45, 2.75) is 6.92 Å². The number of fused-ring (bicyclic) bond motifs is 5. The number of benzene rings is 2. The van der Waals surface area contributed by atoms with Gasteiger partial charge in [0.1, 0.15) is 4.83 Å². The molecule has 18 heavy (non-hydrogen) atoms. The van der Waals surface area contributed by atoms with Gasteiger partial charge in [-0.25, -0.2) is 4.98 Å². The molecule has 0 amide bonds. The van der Waals surface area contributed by atoms with Gasteiger partial charge in [0.15, 0.2) is 0 Å². The van der Waals surface area contributed by atoms with Gasteiger partial charge < -0.3 is 0 Å². The maximum Gasteiger partial charge on any atom is 0.125 e. The third-order valence-electron chi connectivity index (χ3n) is 3.43. The molecule has 0 bridgehead atoms. The summed E-state index contributed by atoms with van der Waals surface area (Å²) in [4.78, 5) is 5.91. The van der Waals surface area contributed by atoms with Crippen LogP contribution in [0.4, 0.5) is 0 Å². The Morgan fingerprint density at radius 2 is 1.50 bits per heavy atom. The topological polar surface area (TPSA) is 12.9 Å². The van der Waals surface area contributed by atoms with Gasteiger partial charge in [-0.2, -0.15) is 0 Å². The van der Waals surface area contributed by atoms with Crippen molar-refractivity contribution in [1.29, 1.82) is 0 Å². The summed E-state index contributed by atoms with van der Waals surface area (Å²) in [6.45, 7) is 2.09. The van der Waals surface area contributed by atoms with Crippen molar-refractivity contribution in [3.63, 3.8) is 0 Å². The van der Waals surface area contributed by atoms with E-state index in [2.05, 4.69) is 55.5 Å². The second-order valence-electron chi connectivity index (χ2n) is 4.52. The lowest BCUT2D eigenvalue weighted by molar-refractivity contribution is 1.31. The van der Waals surface area contributed by atoms with Gasteiger partial charge >= 0.3 is 0 Å². The molecule has 0 aliphatic heterocycles. The summed E-state index contributed by atoms with van der Waals surface area (Å²) >= 11 is 1.78. The fourth-order valence-corrected chi connectivity index (χ4v) is 3.74. The van der Waals surface area contributed by atoms with Crippen molar-refractivity contribution in [3.8, 4) is 0 Å². The van der Waals surface area contributed by atoms with Crippen LogP contribution < -0.4 is 0 Å². The first kappa shape index (κ1) is 10.0. The molecule has 86 valence electrons. The molecule has 0 saturated heterocycles. The molecule has 0 radical (unpaired) electrons. The highest BCUT2D eigenvalue weighted by Crippen LogP contribution is 2.37. The zero-order chi connectivity index (χ0) is 12.1. The highest BCUT2D eigenvalue weighted by Gasteiger charge is 2.10. The predicted molar refractivity (Wildman–Crippen MR) is 79.4 cm³/mol. The summed E-state index contributed by atoms with van der Waals surface area (Å²) < 4.78 is 1.32. The van der Waals surface area contributed by atoms with Crippen LogP contribution in [0.15, 0.2) is 48.5 Å². The smallest absolute Gasteiger partial charge is 0.125 e. The van der Waals surface area contributed by atoms with Crippen LogP contribution >= 0.6 is 11.3 Å². The Morgan fingerprint density at radius 1 is 0.833 bits per heavy atom. The third kappa shape index (κ3) is 1.24. The largest absolute Gasteiger partial charge is 0.242 e. The molecule has 0 atom stereocenters. The number of aromatic nitrogens is 1. The Labute approximate surface area is 109 Å². The Bertz CT molecular complexity index is 889. The van der Waals surface area contributed by atoms with Crippen molar-refractivity contribution in [2.24, 2.45) is 0 Å². The molecular formula is C16H11NS. The van der Waals surface area contributed by atoms with Crippen LogP contribution in [0.5, 0.6) is 0 Å². The minimum absolute atomic E-state index is 1.12. The predicted octanol–water partition coefficient (Wildman–Crippen LogP) is 4.91. The molecule has 0 fully saturated rings. The molecule has 4 rings (SSSR count). The van der Waals surface area contributed by atoms with Crippen LogP contribution in [0.3, 0.4) is 0 Å². The standard InChI is InChI=1S/C16H11NS/c1-10-11-6-2-3-7-12(11)15-13-8-4-5-9-14(13)18-16(15)17-10/h2-9H,1H3. The number of aryl methyl sites for hydroxylation is 1. The van der Waals surface area contributed by atoms with Gasteiger partial charge in [-0.15, -0.1) is 11.3 Å². The minimum atomic E-state index is 1.12. The van der Waals surface area contributed by atoms with Crippen LogP contribution in [0.2, 0.25) is 0 Å². The van der Waals surface area contributed by atoms with Crippen LogP contribution in [0, 0.1) is 6.92 Å². The first-order chi connectivity index (χ1) is 8.84. The van der Waals surface area contributed by atoms with E-state index in [0.717, 1.165) is 10.5 Å². The monoisotopic (exact) mass is 249 g/mol. The van der Waals surface area contributed by atoms with Gasteiger partial charge in [-0.05, 0) is 18.4 Å². The van der Waals surface area contributed by atoms with Crippen LogP contribution in [-0.2, 0) is 0 Å². The van der Waals surface area contributed by atoms with Gasteiger partial charge in [-0.1, -0.05) is 42.5 Å². The molecule has 4 aromatic rings. The molecule has 0 saturated carbocycles. The summed E-state index contributed by atoms with van der Waals surface area (Å²) in [6, 6.07) is 17.1. The van der Waals surface area contributed by atoms with Gasteiger partial charge in [0, 0.05) is 26.6 Å². The molecule has 0 N–H and O–H groups in total. The summed E-state index contributed by atoms with van der Waals surface area (Å²) in [5.41, 5.74) is 1.12. The zero-order valence-electron chi connectivity index (χ0n) is 9.97. The quantitative estimate of drug-likeness (QED) is 0.431. The van der Waals surface area contributed by atoms with E-state index >= 15 is 0 Å². The molecule has 0 unspecified atom stereocenters.